The summed E-state index contributed by atoms with van der Waals surface area (Å²) in [6, 6.07) is 15.7. The van der Waals surface area contributed by atoms with Gasteiger partial charge >= 0.3 is 5.97 Å². The Morgan fingerprint density at radius 3 is 2.60 bits per heavy atom. The van der Waals surface area contributed by atoms with Crippen LogP contribution < -0.4 is 4.74 Å². The van der Waals surface area contributed by atoms with E-state index in [4.69, 9.17) is 10.00 Å². The van der Waals surface area contributed by atoms with Crippen LogP contribution in [-0.4, -0.2) is 11.1 Å². The van der Waals surface area contributed by atoms with Gasteiger partial charge in [0.15, 0.2) is 0 Å². The molecule has 0 fully saturated rings. The average molecular weight is 267 g/mol. The maximum absolute atomic E-state index is 11.7. The molecule has 0 bridgehead atoms. The first-order chi connectivity index (χ1) is 9.69. The molecule has 2 aromatic rings. The molecular formula is C16H13NO3. The number of benzene rings is 2. The number of phenols is 1. The molecule has 0 aliphatic heterocycles. The fourth-order valence-electron chi connectivity index (χ4n) is 1.77. The molecular weight excluding hydrogens is 254 g/mol. The van der Waals surface area contributed by atoms with Gasteiger partial charge in [0.2, 0.25) is 0 Å². The van der Waals surface area contributed by atoms with E-state index in [9.17, 15) is 9.90 Å². The number of aromatic hydroxyl groups is 1. The van der Waals surface area contributed by atoms with Crippen molar-refractivity contribution in [3.05, 3.63) is 59.7 Å². The smallest absolute Gasteiger partial charge is 0.315 e. The van der Waals surface area contributed by atoms with Crippen molar-refractivity contribution in [1.82, 2.24) is 0 Å². The molecule has 1 N–H and O–H groups in total. The van der Waals surface area contributed by atoms with Crippen molar-refractivity contribution < 1.29 is 14.6 Å². The number of phenolic OH excluding ortho intramolecular Hbond substituents is 1. The quantitative estimate of drug-likeness (QED) is 0.682. The molecule has 0 amide bonds. The molecule has 0 aliphatic carbocycles. The van der Waals surface area contributed by atoms with Crippen LogP contribution >= 0.6 is 0 Å². The van der Waals surface area contributed by atoms with Crippen LogP contribution in [0.3, 0.4) is 0 Å². The Kier molecular flexibility index (Phi) is 4.35. The Morgan fingerprint density at radius 1 is 1.20 bits per heavy atom. The maximum atomic E-state index is 11.7. The van der Waals surface area contributed by atoms with Gasteiger partial charge in [-0.25, -0.2) is 0 Å². The van der Waals surface area contributed by atoms with Gasteiger partial charge in [-0.1, -0.05) is 36.4 Å². The number of nitriles is 1. The lowest BCUT2D eigenvalue weighted by atomic mass is 10.1. The van der Waals surface area contributed by atoms with Crippen molar-refractivity contribution in [3.63, 3.8) is 0 Å². The van der Waals surface area contributed by atoms with Crippen molar-refractivity contribution in [1.29, 1.82) is 5.26 Å². The molecule has 4 nitrogen and oxygen atoms in total. The van der Waals surface area contributed by atoms with Crippen LogP contribution in [0.1, 0.15) is 11.1 Å². The van der Waals surface area contributed by atoms with Crippen LogP contribution in [0.25, 0.3) is 0 Å². The number of hydrogen-bond acceptors (Lipinski definition) is 4. The summed E-state index contributed by atoms with van der Waals surface area (Å²) in [7, 11) is 0. The van der Waals surface area contributed by atoms with Gasteiger partial charge in [0, 0.05) is 11.6 Å². The fourth-order valence-corrected chi connectivity index (χ4v) is 1.77. The fraction of sp³-hybridized carbons (Fsp3) is 0.125. The summed E-state index contributed by atoms with van der Waals surface area (Å²) < 4.78 is 5.15. The van der Waals surface area contributed by atoms with E-state index in [1.165, 1.54) is 6.07 Å². The summed E-state index contributed by atoms with van der Waals surface area (Å²) in [6.45, 7) is 0. The standard InChI is InChI=1S/C16H13NO3/c17-9-8-13-6-7-14(11-15(13)18)20-16(19)10-12-4-2-1-3-5-12/h1-7,11,18H,8,10H2. The number of esters is 1. The van der Waals surface area contributed by atoms with Crippen molar-refractivity contribution >= 4 is 5.97 Å². The van der Waals surface area contributed by atoms with E-state index in [-0.39, 0.29) is 24.3 Å². The maximum Gasteiger partial charge on any atom is 0.315 e. The Morgan fingerprint density at radius 2 is 1.95 bits per heavy atom. The zero-order valence-corrected chi connectivity index (χ0v) is 10.7. The Hall–Kier alpha value is -2.80. The van der Waals surface area contributed by atoms with E-state index in [1.54, 1.807) is 12.1 Å². The van der Waals surface area contributed by atoms with Gasteiger partial charge in [-0.15, -0.1) is 0 Å². The lowest BCUT2D eigenvalue weighted by Gasteiger charge is -2.06. The summed E-state index contributed by atoms with van der Waals surface area (Å²) in [6.07, 6.45) is 0.283. The Labute approximate surface area is 116 Å². The molecule has 0 saturated carbocycles. The van der Waals surface area contributed by atoms with Gasteiger partial charge in [-0.3, -0.25) is 4.79 Å². The molecule has 0 unspecified atom stereocenters. The van der Waals surface area contributed by atoms with Crippen LogP contribution in [-0.2, 0) is 17.6 Å². The molecule has 0 saturated heterocycles. The molecule has 2 rings (SSSR count). The summed E-state index contributed by atoms with van der Waals surface area (Å²) >= 11 is 0. The minimum atomic E-state index is -0.399. The SMILES string of the molecule is N#CCc1ccc(OC(=O)Cc2ccccc2)cc1O. The molecule has 0 spiro atoms. The third-order valence-corrected chi connectivity index (χ3v) is 2.75. The van der Waals surface area contributed by atoms with Crippen LogP contribution in [0.4, 0.5) is 0 Å². The molecule has 0 heterocycles. The highest BCUT2D eigenvalue weighted by Gasteiger charge is 2.08. The predicted octanol–water partition coefficient (Wildman–Crippen LogP) is 2.61. The highest BCUT2D eigenvalue weighted by Crippen LogP contribution is 2.24. The second-order valence-electron chi connectivity index (χ2n) is 4.26. The zero-order chi connectivity index (χ0) is 14.4. The Balaban J connectivity index is 2.01. The molecule has 0 aliphatic rings. The summed E-state index contributed by atoms with van der Waals surface area (Å²) in [5, 5.41) is 18.3. The van der Waals surface area contributed by atoms with Gasteiger partial charge in [0.05, 0.1) is 18.9 Å². The lowest BCUT2D eigenvalue weighted by molar-refractivity contribution is -0.133. The normalized spacial score (nSPS) is 9.75. The monoisotopic (exact) mass is 267 g/mol. The van der Waals surface area contributed by atoms with E-state index in [2.05, 4.69) is 0 Å². The minimum absolute atomic E-state index is 0.0449. The van der Waals surface area contributed by atoms with Crippen LogP contribution in [0.15, 0.2) is 48.5 Å². The highest BCUT2D eigenvalue weighted by atomic mass is 16.5. The third kappa shape index (κ3) is 3.59. The number of hydrogen-bond donors (Lipinski definition) is 1. The zero-order valence-electron chi connectivity index (χ0n) is 10.7. The largest absolute Gasteiger partial charge is 0.507 e. The molecule has 4 heteroatoms. The van der Waals surface area contributed by atoms with Crippen molar-refractivity contribution in [2.45, 2.75) is 12.8 Å². The second-order valence-corrected chi connectivity index (χ2v) is 4.26. The molecule has 100 valence electrons. The first-order valence-electron chi connectivity index (χ1n) is 6.12. The van der Waals surface area contributed by atoms with E-state index >= 15 is 0 Å². The van der Waals surface area contributed by atoms with Gasteiger partial charge in [-0.05, 0) is 11.6 Å². The van der Waals surface area contributed by atoms with Crippen LogP contribution in [0.5, 0.6) is 11.5 Å². The van der Waals surface area contributed by atoms with Crippen molar-refractivity contribution in [3.8, 4) is 17.6 Å². The summed E-state index contributed by atoms with van der Waals surface area (Å²) in [5.74, 6) is -0.176. The second kappa shape index (κ2) is 6.39. The predicted molar refractivity (Wildman–Crippen MR) is 73.2 cm³/mol. The first-order valence-corrected chi connectivity index (χ1v) is 6.12. The number of carbonyl (C=O) groups is 1. The molecule has 0 aromatic heterocycles. The average Bonchev–Trinajstić information content (AvgIpc) is 2.43. The van der Waals surface area contributed by atoms with E-state index in [0.717, 1.165) is 5.56 Å². The molecule has 0 radical (unpaired) electrons. The van der Waals surface area contributed by atoms with Gasteiger partial charge in [0.1, 0.15) is 11.5 Å². The highest BCUT2D eigenvalue weighted by molar-refractivity contribution is 5.75. The van der Waals surface area contributed by atoms with Crippen LogP contribution in [0, 0.1) is 11.3 Å². The van der Waals surface area contributed by atoms with E-state index < -0.39 is 5.97 Å². The minimum Gasteiger partial charge on any atom is -0.507 e. The summed E-state index contributed by atoms with van der Waals surface area (Å²) in [5.41, 5.74) is 1.37. The molecule has 20 heavy (non-hydrogen) atoms. The van der Waals surface area contributed by atoms with Crippen molar-refractivity contribution in [2.24, 2.45) is 0 Å². The van der Waals surface area contributed by atoms with E-state index in [0.29, 0.717) is 5.56 Å². The third-order valence-electron chi connectivity index (χ3n) is 2.75. The number of nitrogens with zero attached hydrogens (tertiary/aromatic N) is 1. The lowest BCUT2D eigenvalue weighted by Crippen LogP contribution is -2.11. The van der Waals surface area contributed by atoms with Gasteiger partial charge < -0.3 is 9.84 Å². The van der Waals surface area contributed by atoms with E-state index in [1.807, 2.05) is 36.4 Å². The summed E-state index contributed by atoms with van der Waals surface area (Å²) in [4.78, 5) is 11.7. The molecule has 0 atom stereocenters. The first kappa shape index (κ1) is 13.6. The van der Waals surface area contributed by atoms with Gasteiger partial charge in [0.25, 0.3) is 0 Å². The number of carbonyl (C=O) groups excluding carboxylic acids is 1. The number of ether oxygens (including phenoxy) is 1. The van der Waals surface area contributed by atoms with Gasteiger partial charge in [-0.2, -0.15) is 5.26 Å². The van der Waals surface area contributed by atoms with Crippen molar-refractivity contribution in [2.75, 3.05) is 0 Å². The Bertz CT molecular complexity index is 645. The topological polar surface area (TPSA) is 70.3 Å². The number of rotatable bonds is 4. The van der Waals surface area contributed by atoms with Crippen LogP contribution in [0.2, 0.25) is 0 Å². The molecule has 2 aromatic carbocycles.